The van der Waals surface area contributed by atoms with Crippen LogP contribution in [-0.4, -0.2) is 73.9 Å². The number of benzene rings is 2. The van der Waals surface area contributed by atoms with Gasteiger partial charge in [0.05, 0.1) is 35.8 Å². The van der Waals surface area contributed by atoms with Crippen LogP contribution in [0.1, 0.15) is 65.9 Å². The zero-order chi connectivity index (χ0) is 29.0. The van der Waals surface area contributed by atoms with Gasteiger partial charge >= 0.3 is 0 Å². The van der Waals surface area contributed by atoms with Crippen molar-refractivity contribution in [1.82, 2.24) is 9.80 Å². The normalized spacial score (nSPS) is 22.8. The first-order valence-corrected chi connectivity index (χ1v) is 15.8. The van der Waals surface area contributed by atoms with E-state index < -0.39 is 38.8 Å². The predicted molar refractivity (Wildman–Crippen MR) is 148 cm³/mol. The summed E-state index contributed by atoms with van der Waals surface area (Å²) in [6, 6.07) is 7.24. The molecule has 218 valence electrons. The smallest absolute Gasteiger partial charge is 0.257 e. The van der Waals surface area contributed by atoms with Crippen molar-refractivity contribution in [2.24, 2.45) is 11.3 Å². The van der Waals surface area contributed by atoms with Gasteiger partial charge in [0.25, 0.3) is 5.91 Å². The molecule has 1 amide bonds. The zero-order valence-corrected chi connectivity index (χ0v) is 24.6. The van der Waals surface area contributed by atoms with E-state index in [2.05, 4.69) is 4.90 Å². The molecule has 2 aromatic carbocycles. The van der Waals surface area contributed by atoms with E-state index in [1.807, 2.05) is 7.05 Å². The molecule has 2 N–H and O–H groups in total. The number of ether oxygens (including phenoxy) is 1. The van der Waals surface area contributed by atoms with Gasteiger partial charge in [0.15, 0.2) is 16.1 Å². The number of sulfone groups is 1. The Bertz CT molecular complexity index is 1420. The van der Waals surface area contributed by atoms with Crippen molar-refractivity contribution in [3.63, 3.8) is 0 Å². The summed E-state index contributed by atoms with van der Waals surface area (Å²) in [5.41, 5.74) is -0.999. The Kier molecular flexibility index (Phi) is 7.82. The number of aliphatic hydroxyl groups is 2. The Labute approximate surface area is 239 Å². The second-order valence-corrected chi connectivity index (χ2v) is 14.3. The van der Waals surface area contributed by atoms with Crippen LogP contribution in [0.5, 0.6) is 0 Å². The predicted octanol–water partition coefficient (Wildman–Crippen LogP) is 3.88. The van der Waals surface area contributed by atoms with E-state index in [0.29, 0.717) is 11.1 Å². The maximum Gasteiger partial charge on any atom is 0.257 e. The van der Waals surface area contributed by atoms with Gasteiger partial charge in [-0.2, -0.15) is 0 Å². The Morgan fingerprint density at radius 2 is 1.88 bits per heavy atom. The number of fused-ring (bicyclic) bond motifs is 1. The second kappa shape index (κ2) is 10.6. The lowest BCUT2D eigenvalue weighted by atomic mass is 9.77. The van der Waals surface area contributed by atoms with Crippen molar-refractivity contribution in [2.75, 3.05) is 39.6 Å². The van der Waals surface area contributed by atoms with Gasteiger partial charge in [-0.3, -0.25) is 4.79 Å². The van der Waals surface area contributed by atoms with Crippen LogP contribution in [0.15, 0.2) is 35.2 Å². The number of carbonyl (C=O) groups excluding carboxylic acids is 1. The molecule has 2 aromatic rings. The highest BCUT2D eigenvalue weighted by atomic mass is 35.5. The third kappa shape index (κ3) is 5.54. The molecule has 1 saturated carbocycles. The Morgan fingerprint density at radius 1 is 1.20 bits per heavy atom. The number of hydrogen-bond acceptors (Lipinski definition) is 7. The highest BCUT2D eigenvalue weighted by molar-refractivity contribution is 7.90. The number of carbonyl (C=O) groups is 1. The van der Waals surface area contributed by atoms with E-state index in [0.717, 1.165) is 45.0 Å². The first-order chi connectivity index (χ1) is 18.8. The average Bonchev–Trinajstić information content (AvgIpc) is 3.63. The molecule has 5 rings (SSSR count). The van der Waals surface area contributed by atoms with E-state index >= 15 is 4.39 Å². The summed E-state index contributed by atoms with van der Waals surface area (Å²) in [4.78, 5) is 17.3. The molecule has 8 nitrogen and oxygen atoms in total. The maximum absolute atomic E-state index is 15.9. The standard InChI is InChI=1S/C29H36ClFN2O6S/c1-28(36,19-6-10-32(2)11-7-19)20-12-22-25(23(31)13-20)27(39-17-29(16-34)8-9-29)33(26(22)35)15-18-4-5-21(30)14-24(18)40(3,37)38/h4-5,12-14,19,27,34,36H,6-11,15-17H2,1-3H3. The third-order valence-corrected chi connectivity index (χ3v) is 10.3. The van der Waals surface area contributed by atoms with Gasteiger partial charge in [-0.25, -0.2) is 12.8 Å². The lowest BCUT2D eigenvalue weighted by Crippen LogP contribution is -2.40. The minimum atomic E-state index is -3.69. The lowest BCUT2D eigenvalue weighted by Gasteiger charge is -2.39. The fraction of sp³-hybridized carbons (Fsp3) is 0.552. The maximum atomic E-state index is 15.9. The molecule has 3 aliphatic rings. The summed E-state index contributed by atoms with van der Waals surface area (Å²) in [5.74, 6) is -1.30. The molecule has 0 bridgehead atoms. The van der Waals surface area contributed by atoms with E-state index in [9.17, 15) is 23.4 Å². The Morgan fingerprint density at radius 3 is 2.48 bits per heavy atom. The fourth-order valence-corrected chi connectivity index (χ4v) is 7.04. The van der Waals surface area contributed by atoms with Gasteiger partial charge in [-0.05, 0) is 94.1 Å². The fourth-order valence-electron chi connectivity index (χ4n) is 5.86. The van der Waals surface area contributed by atoms with Crippen LogP contribution < -0.4 is 0 Å². The van der Waals surface area contributed by atoms with Gasteiger partial charge in [-0.1, -0.05) is 17.7 Å². The summed E-state index contributed by atoms with van der Waals surface area (Å²) < 4.78 is 47.2. The molecule has 2 unspecified atom stereocenters. The van der Waals surface area contributed by atoms with E-state index in [1.165, 1.54) is 29.2 Å². The summed E-state index contributed by atoms with van der Waals surface area (Å²) in [5, 5.41) is 21.6. The average molecular weight is 595 g/mol. The van der Waals surface area contributed by atoms with Crippen molar-refractivity contribution in [3.05, 3.63) is 63.4 Å². The summed E-state index contributed by atoms with van der Waals surface area (Å²) in [6.07, 6.45) is 2.92. The molecule has 2 heterocycles. The highest BCUT2D eigenvalue weighted by Crippen LogP contribution is 2.48. The largest absolute Gasteiger partial charge is 0.396 e. The molecule has 2 fully saturated rings. The van der Waals surface area contributed by atoms with E-state index in [1.54, 1.807) is 13.0 Å². The van der Waals surface area contributed by atoms with Crippen LogP contribution in [0.25, 0.3) is 0 Å². The van der Waals surface area contributed by atoms with Crippen LogP contribution >= 0.6 is 11.6 Å². The first kappa shape index (κ1) is 29.4. The van der Waals surface area contributed by atoms with Crippen LogP contribution in [-0.2, 0) is 26.7 Å². The van der Waals surface area contributed by atoms with Gasteiger partial charge in [0.1, 0.15) is 5.82 Å². The Hall–Kier alpha value is -2.08. The van der Waals surface area contributed by atoms with Crippen LogP contribution in [0.4, 0.5) is 4.39 Å². The van der Waals surface area contributed by atoms with E-state index in [-0.39, 0.29) is 46.7 Å². The molecule has 1 saturated heterocycles. The molecule has 0 spiro atoms. The summed E-state index contributed by atoms with van der Waals surface area (Å²) in [6.45, 7) is 3.16. The van der Waals surface area contributed by atoms with Crippen molar-refractivity contribution in [1.29, 1.82) is 0 Å². The number of hydrogen-bond donors (Lipinski definition) is 2. The first-order valence-electron chi connectivity index (χ1n) is 13.5. The van der Waals surface area contributed by atoms with Crippen LogP contribution in [0, 0.1) is 17.2 Å². The molecule has 40 heavy (non-hydrogen) atoms. The molecule has 2 aliphatic heterocycles. The van der Waals surface area contributed by atoms with Crippen LogP contribution in [0.2, 0.25) is 5.02 Å². The Balaban J connectivity index is 1.53. The second-order valence-electron chi connectivity index (χ2n) is 11.9. The molecular weight excluding hydrogens is 559 g/mol. The van der Waals surface area contributed by atoms with Crippen molar-refractivity contribution in [2.45, 2.75) is 55.9 Å². The third-order valence-electron chi connectivity index (χ3n) is 8.86. The topological polar surface area (TPSA) is 107 Å². The molecular formula is C29H36ClFN2O6S. The van der Waals surface area contributed by atoms with E-state index in [4.69, 9.17) is 16.3 Å². The highest BCUT2D eigenvalue weighted by Gasteiger charge is 2.47. The monoisotopic (exact) mass is 594 g/mol. The minimum absolute atomic E-state index is 0.0251. The van der Waals surface area contributed by atoms with Gasteiger partial charge < -0.3 is 24.7 Å². The van der Waals surface area contributed by atoms with Gasteiger partial charge in [0.2, 0.25) is 0 Å². The zero-order valence-electron chi connectivity index (χ0n) is 23.0. The quantitative estimate of drug-likeness (QED) is 0.454. The van der Waals surface area contributed by atoms with Crippen molar-refractivity contribution in [3.8, 4) is 0 Å². The molecule has 2 atom stereocenters. The van der Waals surface area contributed by atoms with Crippen molar-refractivity contribution >= 4 is 27.3 Å². The number of nitrogens with zero attached hydrogens (tertiary/aromatic N) is 2. The van der Waals surface area contributed by atoms with Gasteiger partial charge in [-0.15, -0.1) is 0 Å². The number of amides is 1. The number of piperidine rings is 1. The van der Waals surface area contributed by atoms with Crippen molar-refractivity contribution < 1.29 is 32.6 Å². The van der Waals surface area contributed by atoms with Crippen LogP contribution in [0.3, 0.4) is 0 Å². The number of halogens is 2. The summed E-state index contributed by atoms with van der Waals surface area (Å²) in [7, 11) is -1.67. The number of rotatable bonds is 9. The van der Waals surface area contributed by atoms with Gasteiger partial charge in [0, 0.05) is 22.3 Å². The molecule has 11 heteroatoms. The lowest BCUT2D eigenvalue weighted by molar-refractivity contribution is -0.0675. The SMILES string of the molecule is CN1CCC(C(C)(O)c2cc(F)c3c(c2)C(=O)N(Cc2ccc(Cl)cc2S(C)(=O)=O)C3OCC2(CO)CC2)CC1. The number of aliphatic hydroxyl groups excluding tert-OH is 1. The molecule has 1 aliphatic carbocycles. The minimum Gasteiger partial charge on any atom is -0.396 e. The molecule has 0 radical (unpaired) electrons. The molecule has 0 aromatic heterocycles. The number of likely N-dealkylation sites (tertiary alicyclic amines) is 1. The summed E-state index contributed by atoms with van der Waals surface area (Å²) >= 11 is 6.08.